The van der Waals surface area contributed by atoms with Crippen LogP contribution in [0.2, 0.25) is 0 Å². The smallest absolute Gasteiger partial charge is 0.292 e. The zero-order chi connectivity index (χ0) is 14.0. The van der Waals surface area contributed by atoms with Crippen LogP contribution in [0.1, 0.15) is 35.7 Å². The number of benzene rings is 1. The molecule has 100 valence electrons. The molecule has 5 nitrogen and oxygen atoms in total. The highest BCUT2D eigenvalue weighted by molar-refractivity contribution is 5.95. The minimum absolute atomic E-state index is 0.0271. The fraction of sp³-hybridized carbons (Fsp3) is 0.357. The van der Waals surface area contributed by atoms with Crippen LogP contribution in [0.4, 0.5) is 0 Å². The van der Waals surface area contributed by atoms with Crippen LogP contribution in [0.15, 0.2) is 35.4 Å². The summed E-state index contributed by atoms with van der Waals surface area (Å²) in [5.74, 6) is 0.318. The summed E-state index contributed by atoms with van der Waals surface area (Å²) in [6.07, 6.45) is 1.40. The lowest BCUT2D eigenvalue weighted by atomic mass is 10.0. The van der Waals surface area contributed by atoms with Crippen LogP contribution in [-0.4, -0.2) is 20.1 Å². The molecule has 19 heavy (non-hydrogen) atoms. The van der Waals surface area contributed by atoms with Crippen LogP contribution >= 0.6 is 0 Å². The maximum atomic E-state index is 12.0. The van der Waals surface area contributed by atoms with Crippen LogP contribution in [0.3, 0.4) is 0 Å². The summed E-state index contributed by atoms with van der Waals surface area (Å²) in [6.45, 7) is 4.18. The van der Waals surface area contributed by atoms with Gasteiger partial charge >= 0.3 is 5.69 Å². The molecule has 2 rings (SSSR count). The first-order chi connectivity index (χ1) is 8.99. The van der Waals surface area contributed by atoms with Gasteiger partial charge in [0, 0.05) is 12.6 Å². The Hall–Kier alpha value is -2.17. The molecule has 0 saturated carbocycles. The highest BCUT2D eigenvalue weighted by Gasteiger charge is 2.10. The van der Waals surface area contributed by atoms with E-state index in [1.54, 1.807) is 19.2 Å². The SMILES string of the molecule is CC(C)c1ccc(C(=O)Cn2ncn(C)c2=O)cc1. The van der Waals surface area contributed by atoms with Crippen molar-refractivity contribution in [2.45, 2.75) is 26.3 Å². The van der Waals surface area contributed by atoms with E-state index < -0.39 is 0 Å². The fourth-order valence-electron chi connectivity index (χ4n) is 1.81. The highest BCUT2D eigenvalue weighted by atomic mass is 16.2. The Morgan fingerprint density at radius 3 is 2.37 bits per heavy atom. The van der Waals surface area contributed by atoms with Crippen molar-refractivity contribution in [2.24, 2.45) is 7.05 Å². The molecule has 0 N–H and O–H groups in total. The van der Waals surface area contributed by atoms with E-state index in [2.05, 4.69) is 18.9 Å². The van der Waals surface area contributed by atoms with E-state index in [1.807, 2.05) is 12.1 Å². The summed E-state index contributed by atoms with van der Waals surface area (Å²) < 4.78 is 2.51. The van der Waals surface area contributed by atoms with Gasteiger partial charge in [0.1, 0.15) is 12.9 Å². The topological polar surface area (TPSA) is 56.9 Å². The molecule has 0 aliphatic carbocycles. The molecule has 0 aliphatic rings. The summed E-state index contributed by atoms with van der Waals surface area (Å²) in [5.41, 5.74) is 1.50. The van der Waals surface area contributed by atoms with Crippen LogP contribution in [0.25, 0.3) is 0 Å². The van der Waals surface area contributed by atoms with Gasteiger partial charge in [-0.05, 0) is 11.5 Å². The first-order valence-corrected chi connectivity index (χ1v) is 6.20. The number of hydrogen-bond acceptors (Lipinski definition) is 3. The van der Waals surface area contributed by atoms with Crippen molar-refractivity contribution in [3.05, 3.63) is 52.2 Å². The Balaban J connectivity index is 2.16. The van der Waals surface area contributed by atoms with Crippen LogP contribution in [0, 0.1) is 0 Å². The van der Waals surface area contributed by atoms with Crippen LogP contribution in [0.5, 0.6) is 0 Å². The molecule has 0 radical (unpaired) electrons. The average Bonchev–Trinajstić information content (AvgIpc) is 2.71. The molecule has 0 saturated heterocycles. The lowest BCUT2D eigenvalue weighted by molar-refractivity contribution is 0.0966. The van der Waals surface area contributed by atoms with Gasteiger partial charge in [-0.15, -0.1) is 0 Å². The lowest BCUT2D eigenvalue weighted by Gasteiger charge is -2.06. The zero-order valence-electron chi connectivity index (χ0n) is 11.3. The van der Waals surface area contributed by atoms with Crippen molar-refractivity contribution in [1.82, 2.24) is 14.3 Å². The largest absolute Gasteiger partial charge is 0.345 e. The molecular formula is C14H17N3O2. The molecule has 0 fully saturated rings. The Bertz CT molecular complexity index is 635. The third-order valence-corrected chi connectivity index (χ3v) is 3.08. The molecule has 1 aromatic heterocycles. The van der Waals surface area contributed by atoms with Gasteiger partial charge in [-0.1, -0.05) is 38.1 Å². The van der Waals surface area contributed by atoms with Gasteiger partial charge < -0.3 is 0 Å². The van der Waals surface area contributed by atoms with E-state index >= 15 is 0 Å². The first-order valence-electron chi connectivity index (χ1n) is 6.20. The summed E-state index contributed by atoms with van der Waals surface area (Å²) in [4.78, 5) is 23.6. The molecule has 1 aromatic carbocycles. The molecule has 5 heteroatoms. The van der Waals surface area contributed by atoms with Gasteiger partial charge in [0.2, 0.25) is 0 Å². The highest BCUT2D eigenvalue weighted by Crippen LogP contribution is 2.15. The Labute approximate surface area is 111 Å². The van der Waals surface area contributed by atoms with Gasteiger partial charge in [0.05, 0.1) is 0 Å². The molecule has 0 spiro atoms. The van der Waals surface area contributed by atoms with Gasteiger partial charge in [0.25, 0.3) is 0 Å². The van der Waals surface area contributed by atoms with E-state index in [4.69, 9.17) is 0 Å². The second-order valence-electron chi connectivity index (χ2n) is 4.88. The summed E-state index contributed by atoms with van der Waals surface area (Å²) in [5, 5.41) is 3.87. The van der Waals surface area contributed by atoms with Crippen molar-refractivity contribution in [3.8, 4) is 0 Å². The zero-order valence-corrected chi connectivity index (χ0v) is 11.3. The molecule has 0 bridgehead atoms. The molecule has 0 atom stereocenters. The molecule has 0 amide bonds. The predicted molar refractivity (Wildman–Crippen MR) is 72.3 cm³/mol. The Morgan fingerprint density at radius 1 is 1.26 bits per heavy atom. The van der Waals surface area contributed by atoms with Crippen molar-refractivity contribution in [1.29, 1.82) is 0 Å². The van der Waals surface area contributed by atoms with Crippen molar-refractivity contribution in [2.75, 3.05) is 0 Å². The molecule has 1 heterocycles. The number of nitrogens with zero attached hydrogens (tertiary/aromatic N) is 3. The number of carbonyl (C=O) groups excluding carboxylic acids is 1. The van der Waals surface area contributed by atoms with Gasteiger partial charge in [-0.25, -0.2) is 9.48 Å². The quantitative estimate of drug-likeness (QED) is 0.783. The lowest BCUT2D eigenvalue weighted by Crippen LogP contribution is -2.26. The summed E-state index contributed by atoms with van der Waals surface area (Å²) >= 11 is 0. The van der Waals surface area contributed by atoms with E-state index in [0.717, 1.165) is 0 Å². The minimum Gasteiger partial charge on any atom is -0.292 e. The van der Waals surface area contributed by atoms with Gasteiger partial charge in [-0.2, -0.15) is 5.10 Å². The van der Waals surface area contributed by atoms with E-state index in [-0.39, 0.29) is 18.0 Å². The molecule has 0 unspecified atom stereocenters. The average molecular weight is 259 g/mol. The third kappa shape index (κ3) is 2.81. The Kier molecular flexibility index (Phi) is 3.64. The molecule has 2 aromatic rings. The van der Waals surface area contributed by atoms with E-state index in [0.29, 0.717) is 11.5 Å². The number of hydrogen-bond donors (Lipinski definition) is 0. The number of carbonyl (C=O) groups is 1. The van der Waals surface area contributed by atoms with Gasteiger partial charge in [0.15, 0.2) is 5.78 Å². The van der Waals surface area contributed by atoms with Gasteiger partial charge in [-0.3, -0.25) is 9.36 Å². The normalized spacial score (nSPS) is 10.9. The number of aromatic nitrogens is 3. The number of aryl methyl sites for hydroxylation is 1. The van der Waals surface area contributed by atoms with E-state index in [1.165, 1.54) is 21.1 Å². The van der Waals surface area contributed by atoms with Crippen LogP contribution < -0.4 is 5.69 Å². The van der Waals surface area contributed by atoms with Crippen molar-refractivity contribution in [3.63, 3.8) is 0 Å². The number of ketones is 1. The number of Topliss-reactive ketones (excluding diaryl/α,β-unsaturated/α-hetero) is 1. The maximum Gasteiger partial charge on any atom is 0.345 e. The third-order valence-electron chi connectivity index (χ3n) is 3.08. The predicted octanol–water partition coefficient (Wildman–Crippen LogP) is 1.59. The molecular weight excluding hydrogens is 242 g/mol. The second-order valence-corrected chi connectivity index (χ2v) is 4.88. The summed E-state index contributed by atoms with van der Waals surface area (Å²) in [6, 6.07) is 7.48. The van der Waals surface area contributed by atoms with Crippen molar-refractivity contribution < 1.29 is 4.79 Å². The summed E-state index contributed by atoms with van der Waals surface area (Å²) in [7, 11) is 1.60. The molecule has 0 aliphatic heterocycles. The monoisotopic (exact) mass is 259 g/mol. The number of rotatable bonds is 4. The standard InChI is InChI=1S/C14H17N3O2/c1-10(2)11-4-6-12(7-5-11)13(18)8-17-14(19)16(3)9-15-17/h4-7,9-10H,8H2,1-3H3. The fourth-order valence-corrected chi connectivity index (χ4v) is 1.81. The second kappa shape index (κ2) is 5.22. The maximum absolute atomic E-state index is 12.0. The van der Waals surface area contributed by atoms with E-state index in [9.17, 15) is 9.59 Å². The minimum atomic E-state index is -0.285. The first kappa shape index (κ1) is 13.3. The Morgan fingerprint density at radius 2 is 1.89 bits per heavy atom. The van der Waals surface area contributed by atoms with Crippen molar-refractivity contribution >= 4 is 5.78 Å². The van der Waals surface area contributed by atoms with Crippen LogP contribution in [-0.2, 0) is 13.6 Å².